The van der Waals surface area contributed by atoms with E-state index in [1.165, 1.54) is 0 Å². The van der Waals surface area contributed by atoms with Crippen LogP contribution < -0.4 is 9.82 Å². The molecule has 2 aromatic heterocycles. The highest BCUT2D eigenvalue weighted by Crippen LogP contribution is 2.62. The number of anilines is 1. The molecule has 0 bridgehead atoms. The molecular formula is C24H21N4O4P. The predicted octanol–water partition coefficient (Wildman–Crippen LogP) is 5.59. The second-order valence-corrected chi connectivity index (χ2v) is 9.99. The lowest BCUT2D eigenvalue weighted by atomic mass is 9.84. The van der Waals surface area contributed by atoms with Gasteiger partial charge in [0, 0.05) is 11.5 Å². The maximum atomic E-state index is 13.1. The number of nitrogens with zero attached hydrogens (tertiary/aromatic N) is 2. The average molecular weight is 460 g/mol. The lowest BCUT2D eigenvalue weighted by molar-refractivity contribution is 0.105. The highest BCUT2D eigenvalue weighted by Gasteiger charge is 2.49. The van der Waals surface area contributed by atoms with Crippen LogP contribution in [0.25, 0.3) is 5.69 Å². The summed E-state index contributed by atoms with van der Waals surface area (Å²) in [6, 6.07) is 19.7. The van der Waals surface area contributed by atoms with Crippen LogP contribution in [-0.2, 0) is 9.09 Å². The number of rotatable bonds is 4. The van der Waals surface area contributed by atoms with E-state index in [0.29, 0.717) is 17.4 Å². The number of hydrogen-bond donors (Lipinski definition) is 2. The molecule has 9 heteroatoms. The summed E-state index contributed by atoms with van der Waals surface area (Å²) in [7, 11) is -3.70. The Labute approximate surface area is 190 Å². The summed E-state index contributed by atoms with van der Waals surface area (Å²) in [5, 5.41) is 7.68. The summed E-state index contributed by atoms with van der Waals surface area (Å²) >= 11 is 0. The number of carbonyl (C=O) groups excluding carboxylic acids is 1. The molecule has 4 aromatic rings. The minimum Gasteiger partial charge on any atom is -0.422 e. The van der Waals surface area contributed by atoms with E-state index in [1.54, 1.807) is 11.6 Å². The Morgan fingerprint density at radius 1 is 1.09 bits per heavy atom. The zero-order chi connectivity index (χ0) is 22.7. The lowest BCUT2D eigenvalue weighted by Gasteiger charge is -2.26. The summed E-state index contributed by atoms with van der Waals surface area (Å²) in [4.78, 5) is 16.1. The summed E-state index contributed by atoms with van der Waals surface area (Å²) in [5.41, 5.74) is 4.42. The highest BCUT2D eigenvalue weighted by molar-refractivity contribution is 7.79. The molecule has 166 valence electrons. The number of nitrogens with one attached hydrogen (secondary N) is 2. The average Bonchev–Trinajstić information content (AvgIpc) is 3.43. The van der Waals surface area contributed by atoms with E-state index in [1.807, 2.05) is 67.6 Å². The first-order chi connectivity index (χ1) is 16.0. The maximum Gasteiger partial charge on any atom is 0.365 e. The topological polar surface area (TPSA) is 98.2 Å². The maximum absolute atomic E-state index is 13.1. The molecule has 0 saturated heterocycles. The van der Waals surface area contributed by atoms with Crippen LogP contribution in [-0.4, -0.2) is 26.9 Å². The van der Waals surface area contributed by atoms with Gasteiger partial charge in [-0.2, -0.15) is 5.10 Å². The van der Waals surface area contributed by atoms with Gasteiger partial charge in [-0.05, 0) is 31.5 Å². The fraction of sp³-hybridized carbons (Fsp3) is 0.167. The molecule has 0 fully saturated rings. The van der Waals surface area contributed by atoms with Gasteiger partial charge in [0.15, 0.2) is 0 Å². The number of aryl methyl sites for hydroxylation is 1. The molecule has 33 heavy (non-hydrogen) atoms. The number of aromatic nitrogens is 3. The number of fused-ring (bicyclic) bond motifs is 4. The van der Waals surface area contributed by atoms with Crippen molar-refractivity contribution in [1.29, 1.82) is 0 Å². The van der Waals surface area contributed by atoms with Crippen molar-refractivity contribution in [2.24, 2.45) is 0 Å². The Kier molecular flexibility index (Phi) is 4.37. The van der Waals surface area contributed by atoms with Crippen LogP contribution in [0.5, 0.6) is 11.8 Å². The standard InChI is InChI=1S/C24H21N4O4P/c1-3-31-33(30)24(29)21-20(27-33)19-18(15-10-6-4-7-11-15)17-14(2)26-28(16-12-8-5-9-13-16)23(17)32-22(19)25-21/h4-13,18,25H,3H2,1-2H3,(H,27,30). The number of aromatic amines is 1. The van der Waals surface area contributed by atoms with Crippen molar-refractivity contribution in [2.75, 3.05) is 11.7 Å². The molecule has 2 unspecified atom stereocenters. The van der Waals surface area contributed by atoms with Crippen LogP contribution in [0.15, 0.2) is 60.7 Å². The van der Waals surface area contributed by atoms with Crippen molar-refractivity contribution in [3.63, 3.8) is 0 Å². The Bertz CT molecular complexity index is 1440. The van der Waals surface area contributed by atoms with E-state index < -0.39 is 13.0 Å². The Morgan fingerprint density at radius 3 is 2.48 bits per heavy atom. The fourth-order valence-corrected chi connectivity index (χ4v) is 6.29. The number of carbonyl (C=O) groups is 1. The van der Waals surface area contributed by atoms with Crippen molar-refractivity contribution in [3.8, 4) is 17.4 Å². The van der Waals surface area contributed by atoms with Crippen LogP contribution in [0, 0.1) is 6.92 Å². The molecule has 4 heterocycles. The monoisotopic (exact) mass is 460 g/mol. The molecule has 6 rings (SSSR count). The summed E-state index contributed by atoms with van der Waals surface area (Å²) in [6.45, 7) is 3.81. The molecule has 0 saturated carbocycles. The zero-order valence-electron chi connectivity index (χ0n) is 18.0. The van der Waals surface area contributed by atoms with Gasteiger partial charge >= 0.3 is 7.52 Å². The first kappa shape index (κ1) is 20.0. The SMILES string of the molecule is CCOP1(=O)Nc2c([nH]c3c2C(c2ccccc2)c2c(C)nn(-c4ccccc4)c2O3)C1=O. The van der Waals surface area contributed by atoms with Crippen molar-refractivity contribution in [1.82, 2.24) is 14.8 Å². The molecule has 2 aliphatic heterocycles. The van der Waals surface area contributed by atoms with E-state index >= 15 is 0 Å². The molecule has 2 N–H and O–H groups in total. The molecule has 0 spiro atoms. The third-order valence-electron chi connectivity index (χ3n) is 6.03. The van der Waals surface area contributed by atoms with Gasteiger partial charge in [-0.1, -0.05) is 48.5 Å². The van der Waals surface area contributed by atoms with Gasteiger partial charge in [0.2, 0.25) is 11.8 Å². The van der Waals surface area contributed by atoms with Crippen molar-refractivity contribution < 1.29 is 18.6 Å². The van der Waals surface area contributed by atoms with Gasteiger partial charge in [0.1, 0.15) is 5.69 Å². The number of benzene rings is 2. The van der Waals surface area contributed by atoms with Crippen LogP contribution in [0.3, 0.4) is 0 Å². The first-order valence-electron chi connectivity index (χ1n) is 10.7. The molecule has 0 amide bonds. The van der Waals surface area contributed by atoms with Crippen molar-refractivity contribution in [2.45, 2.75) is 19.8 Å². The zero-order valence-corrected chi connectivity index (χ0v) is 18.9. The van der Waals surface area contributed by atoms with Gasteiger partial charge in [-0.15, -0.1) is 0 Å². The third kappa shape index (κ3) is 2.84. The number of hydrogen-bond acceptors (Lipinski definition) is 5. The summed E-state index contributed by atoms with van der Waals surface area (Å²) in [5.74, 6) is 0.735. The molecule has 2 aromatic carbocycles. The van der Waals surface area contributed by atoms with Crippen molar-refractivity contribution in [3.05, 3.63) is 88.7 Å². The summed E-state index contributed by atoms with van der Waals surface area (Å²) in [6.07, 6.45) is 0. The van der Waals surface area contributed by atoms with Gasteiger partial charge < -0.3 is 19.3 Å². The number of para-hydroxylation sites is 1. The second-order valence-electron chi connectivity index (χ2n) is 8.00. The third-order valence-corrected chi connectivity index (χ3v) is 7.92. The lowest BCUT2D eigenvalue weighted by Crippen LogP contribution is -2.14. The predicted molar refractivity (Wildman–Crippen MR) is 124 cm³/mol. The normalized spacial score (nSPS) is 20.5. The van der Waals surface area contributed by atoms with Crippen LogP contribution in [0.1, 0.15) is 45.7 Å². The molecule has 0 radical (unpaired) electrons. The van der Waals surface area contributed by atoms with E-state index in [9.17, 15) is 9.36 Å². The first-order valence-corrected chi connectivity index (χ1v) is 12.4. The number of H-pyrrole nitrogens is 1. The van der Waals surface area contributed by atoms with Gasteiger partial charge in [-0.3, -0.25) is 9.36 Å². The highest BCUT2D eigenvalue weighted by atomic mass is 31.2. The summed E-state index contributed by atoms with van der Waals surface area (Å²) < 4.78 is 26.6. The molecule has 2 atom stereocenters. The second kappa shape index (κ2) is 7.20. The van der Waals surface area contributed by atoms with Crippen LogP contribution in [0.2, 0.25) is 0 Å². The van der Waals surface area contributed by atoms with E-state index in [0.717, 1.165) is 28.1 Å². The smallest absolute Gasteiger partial charge is 0.365 e. The van der Waals surface area contributed by atoms with Crippen LogP contribution in [0.4, 0.5) is 5.69 Å². The fourth-order valence-electron chi connectivity index (χ4n) is 4.65. The minimum atomic E-state index is -3.70. The Morgan fingerprint density at radius 2 is 1.79 bits per heavy atom. The quantitative estimate of drug-likeness (QED) is 0.339. The van der Waals surface area contributed by atoms with E-state index in [-0.39, 0.29) is 18.2 Å². The van der Waals surface area contributed by atoms with E-state index in [4.69, 9.17) is 14.4 Å². The molecule has 8 nitrogen and oxygen atoms in total. The van der Waals surface area contributed by atoms with E-state index in [2.05, 4.69) is 10.1 Å². The Balaban J connectivity index is 1.59. The minimum absolute atomic E-state index is 0.161. The molecule has 2 aliphatic rings. The van der Waals surface area contributed by atoms with Gasteiger partial charge in [0.05, 0.1) is 29.2 Å². The molecular weight excluding hydrogens is 439 g/mol. The Hall–Kier alpha value is -3.61. The van der Waals surface area contributed by atoms with Crippen molar-refractivity contribution >= 4 is 18.7 Å². The van der Waals surface area contributed by atoms with Gasteiger partial charge in [-0.25, -0.2) is 4.68 Å². The van der Waals surface area contributed by atoms with Gasteiger partial charge in [0.25, 0.3) is 5.52 Å². The largest absolute Gasteiger partial charge is 0.422 e. The van der Waals surface area contributed by atoms with Crippen LogP contribution >= 0.6 is 7.52 Å². The number of ether oxygens (including phenoxy) is 1. The molecule has 0 aliphatic carbocycles.